The van der Waals surface area contributed by atoms with E-state index in [0.717, 1.165) is 48.6 Å². The lowest BCUT2D eigenvalue weighted by molar-refractivity contribution is 0.0342. The molecule has 1 aliphatic rings. The molecule has 0 radical (unpaired) electrons. The second-order valence-corrected chi connectivity index (χ2v) is 7.71. The van der Waals surface area contributed by atoms with Crippen molar-refractivity contribution in [1.29, 1.82) is 0 Å². The van der Waals surface area contributed by atoms with Crippen molar-refractivity contribution < 1.29 is 9.53 Å². The number of hydrogen-bond donors (Lipinski definition) is 1. The van der Waals surface area contributed by atoms with Crippen molar-refractivity contribution in [3.8, 4) is 0 Å². The van der Waals surface area contributed by atoms with Gasteiger partial charge in [-0.05, 0) is 23.8 Å². The quantitative estimate of drug-likeness (QED) is 0.710. The van der Waals surface area contributed by atoms with E-state index in [1.807, 2.05) is 36.4 Å². The molecule has 0 unspecified atom stereocenters. The molecule has 3 aromatic rings. The van der Waals surface area contributed by atoms with Crippen molar-refractivity contribution in [3.63, 3.8) is 0 Å². The molecule has 1 amide bonds. The van der Waals surface area contributed by atoms with Crippen molar-refractivity contribution >= 4 is 44.6 Å². The first kappa shape index (κ1) is 17.5. The second kappa shape index (κ2) is 7.76. The summed E-state index contributed by atoms with van der Waals surface area (Å²) < 4.78 is 6.39. The van der Waals surface area contributed by atoms with Crippen molar-refractivity contribution in [2.45, 2.75) is 6.54 Å². The largest absolute Gasteiger partial charge is 0.379 e. The fourth-order valence-electron chi connectivity index (χ4n) is 3.06. The Balaban J connectivity index is 1.44. The Bertz CT molecular complexity index is 917. The molecule has 4 nitrogen and oxygen atoms in total. The van der Waals surface area contributed by atoms with E-state index in [9.17, 15) is 4.79 Å². The van der Waals surface area contributed by atoms with Gasteiger partial charge in [0.15, 0.2) is 0 Å². The Morgan fingerprint density at radius 3 is 2.58 bits per heavy atom. The smallest absolute Gasteiger partial charge is 0.267 e. The number of ether oxygens (including phenoxy) is 1. The fraction of sp³-hybridized carbons (Fsp3) is 0.250. The third-order valence-corrected chi connectivity index (χ3v) is 6.14. The highest BCUT2D eigenvalue weighted by molar-refractivity contribution is 7.21. The van der Waals surface area contributed by atoms with E-state index < -0.39 is 0 Å². The van der Waals surface area contributed by atoms with E-state index in [1.165, 1.54) is 16.9 Å². The van der Waals surface area contributed by atoms with Crippen LogP contribution in [-0.2, 0) is 11.3 Å². The van der Waals surface area contributed by atoms with E-state index in [4.69, 9.17) is 16.3 Å². The van der Waals surface area contributed by atoms with E-state index >= 15 is 0 Å². The summed E-state index contributed by atoms with van der Waals surface area (Å²) in [5, 5.41) is 4.39. The first-order valence-electron chi connectivity index (χ1n) is 8.58. The van der Waals surface area contributed by atoms with E-state index in [2.05, 4.69) is 22.3 Å². The van der Waals surface area contributed by atoms with Gasteiger partial charge in [-0.25, -0.2) is 0 Å². The number of amides is 1. The molecular formula is C20H19ClN2O2S. The van der Waals surface area contributed by atoms with Crippen LogP contribution in [0.5, 0.6) is 0 Å². The third-order valence-electron chi connectivity index (χ3n) is 4.46. The van der Waals surface area contributed by atoms with Crippen LogP contribution in [0.2, 0.25) is 5.02 Å². The van der Waals surface area contributed by atoms with Crippen LogP contribution in [0, 0.1) is 0 Å². The Morgan fingerprint density at radius 2 is 1.85 bits per heavy atom. The second-order valence-electron chi connectivity index (χ2n) is 6.28. The van der Waals surface area contributed by atoms with Crippen LogP contribution in [0.3, 0.4) is 0 Å². The van der Waals surface area contributed by atoms with E-state index in [0.29, 0.717) is 9.90 Å². The summed E-state index contributed by atoms with van der Waals surface area (Å²) in [6, 6.07) is 15.8. The molecule has 26 heavy (non-hydrogen) atoms. The molecule has 1 saturated heterocycles. The lowest BCUT2D eigenvalue weighted by Gasteiger charge is -2.26. The van der Waals surface area contributed by atoms with E-state index in [-0.39, 0.29) is 5.91 Å². The van der Waals surface area contributed by atoms with Gasteiger partial charge in [0.05, 0.1) is 18.2 Å². The number of benzene rings is 2. The standard InChI is InChI=1S/C20H19ClN2O2S/c21-18-16-3-1-2-4-17(16)26-19(18)20(24)22-15-7-5-14(6-8-15)13-23-9-11-25-12-10-23/h1-8H,9-13H2,(H,22,24). The third kappa shape index (κ3) is 3.76. The van der Waals surface area contributed by atoms with Crippen LogP contribution in [0.15, 0.2) is 48.5 Å². The maximum atomic E-state index is 12.6. The molecule has 2 heterocycles. The van der Waals surface area contributed by atoms with Crippen LogP contribution in [0.1, 0.15) is 15.2 Å². The highest BCUT2D eigenvalue weighted by Gasteiger charge is 2.17. The summed E-state index contributed by atoms with van der Waals surface area (Å²) in [6.45, 7) is 4.42. The molecule has 4 rings (SSSR count). The normalized spacial score (nSPS) is 15.3. The van der Waals surface area contributed by atoms with Crippen molar-refractivity contribution in [3.05, 3.63) is 64.0 Å². The van der Waals surface area contributed by atoms with Crippen LogP contribution >= 0.6 is 22.9 Å². The number of anilines is 1. The molecule has 0 bridgehead atoms. The number of halogens is 1. The van der Waals surface area contributed by atoms with Crippen LogP contribution in [-0.4, -0.2) is 37.1 Å². The topological polar surface area (TPSA) is 41.6 Å². The molecule has 0 saturated carbocycles. The summed E-state index contributed by atoms with van der Waals surface area (Å²) >= 11 is 7.80. The number of thiophene rings is 1. The number of nitrogens with zero attached hydrogens (tertiary/aromatic N) is 1. The van der Waals surface area contributed by atoms with Gasteiger partial charge in [-0.3, -0.25) is 9.69 Å². The number of nitrogens with one attached hydrogen (secondary N) is 1. The molecule has 1 aromatic heterocycles. The minimum atomic E-state index is -0.169. The monoisotopic (exact) mass is 386 g/mol. The van der Waals surface area contributed by atoms with Crippen LogP contribution in [0.25, 0.3) is 10.1 Å². The van der Waals surface area contributed by atoms with E-state index in [1.54, 1.807) is 0 Å². The highest BCUT2D eigenvalue weighted by Crippen LogP contribution is 2.35. The number of morpholine rings is 1. The summed E-state index contributed by atoms with van der Waals surface area (Å²) in [5.41, 5.74) is 2.00. The van der Waals surface area contributed by atoms with Gasteiger partial charge in [0.25, 0.3) is 5.91 Å². The van der Waals surface area contributed by atoms with Gasteiger partial charge >= 0.3 is 0 Å². The molecule has 1 N–H and O–H groups in total. The predicted octanol–water partition coefficient (Wildman–Crippen LogP) is 4.64. The Labute approximate surface area is 161 Å². The van der Waals surface area contributed by atoms with Crippen LogP contribution in [0.4, 0.5) is 5.69 Å². The first-order valence-corrected chi connectivity index (χ1v) is 9.77. The first-order chi connectivity index (χ1) is 12.7. The summed E-state index contributed by atoms with van der Waals surface area (Å²) in [6.07, 6.45) is 0. The average molecular weight is 387 g/mol. The summed E-state index contributed by atoms with van der Waals surface area (Å²) in [4.78, 5) is 15.5. The zero-order valence-corrected chi connectivity index (χ0v) is 15.8. The number of fused-ring (bicyclic) bond motifs is 1. The minimum absolute atomic E-state index is 0.169. The molecule has 134 valence electrons. The van der Waals surface area contributed by atoms with Crippen molar-refractivity contribution in [2.75, 3.05) is 31.6 Å². The Hall–Kier alpha value is -1.92. The van der Waals surface area contributed by atoms with Crippen molar-refractivity contribution in [1.82, 2.24) is 4.90 Å². The summed E-state index contributed by atoms with van der Waals surface area (Å²) in [7, 11) is 0. The van der Waals surface area contributed by atoms with Gasteiger partial charge < -0.3 is 10.1 Å². The molecule has 0 spiro atoms. The molecule has 2 aromatic carbocycles. The number of hydrogen-bond acceptors (Lipinski definition) is 4. The van der Waals surface area contributed by atoms with Gasteiger partial charge in [-0.15, -0.1) is 11.3 Å². The Kier molecular flexibility index (Phi) is 5.22. The summed E-state index contributed by atoms with van der Waals surface area (Å²) in [5.74, 6) is -0.169. The molecule has 0 aliphatic carbocycles. The number of carbonyl (C=O) groups excluding carboxylic acids is 1. The van der Waals surface area contributed by atoms with Gasteiger partial charge in [0.2, 0.25) is 0 Å². The highest BCUT2D eigenvalue weighted by atomic mass is 35.5. The zero-order chi connectivity index (χ0) is 17.9. The van der Waals surface area contributed by atoms with Crippen molar-refractivity contribution in [2.24, 2.45) is 0 Å². The number of rotatable bonds is 4. The maximum absolute atomic E-state index is 12.6. The maximum Gasteiger partial charge on any atom is 0.267 e. The fourth-order valence-corrected chi connectivity index (χ4v) is 4.47. The molecular weight excluding hydrogens is 368 g/mol. The molecule has 6 heteroatoms. The molecule has 1 fully saturated rings. The van der Waals surface area contributed by atoms with Gasteiger partial charge in [0, 0.05) is 35.4 Å². The zero-order valence-electron chi connectivity index (χ0n) is 14.2. The minimum Gasteiger partial charge on any atom is -0.379 e. The van der Waals surface area contributed by atoms with Crippen LogP contribution < -0.4 is 5.32 Å². The number of carbonyl (C=O) groups is 1. The van der Waals surface area contributed by atoms with Gasteiger partial charge in [0.1, 0.15) is 4.88 Å². The lowest BCUT2D eigenvalue weighted by atomic mass is 10.2. The van der Waals surface area contributed by atoms with Gasteiger partial charge in [-0.2, -0.15) is 0 Å². The Morgan fingerprint density at radius 1 is 1.12 bits per heavy atom. The predicted molar refractivity (Wildman–Crippen MR) is 107 cm³/mol. The molecule has 1 aliphatic heterocycles. The molecule has 0 atom stereocenters. The van der Waals surface area contributed by atoms with Gasteiger partial charge in [-0.1, -0.05) is 41.9 Å². The SMILES string of the molecule is O=C(Nc1ccc(CN2CCOCC2)cc1)c1sc2ccccc2c1Cl. The lowest BCUT2D eigenvalue weighted by Crippen LogP contribution is -2.35. The average Bonchev–Trinajstić information content (AvgIpc) is 3.01.